The molecule has 0 bridgehead atoms. The molecule has 0 fully saturated rings. The van der Waals surface area contributed by atoms with E-state index >= 15 is 0 Å². The highest BCUT2D eigenvalue weighted by molar-refractivity contribution is 6.30. The molecule has 5 heteroatoms. The summed E-state index contributed by atoms with van der Waals surface area (Å²) in [6, 6.07) is 6.99. The standard InChI is InChI=1S/C12H13ClN2O2/c1-2-11-10(7-16)12(17)15(14-11)9-5-3-4-8(13)6-9/h3-6,14,16H,2,7H2,1H3. The van der Waals surface area contributed by atoms with Crippen LogP contribution in [0, 0.1) is 0 Å². The number of aromatic nitrogens is 2. The lowest BCUT2D eigenvalue weighted by atomic mass is 10.2. The highest BCUT2D eigenvalue weighted by atomic mass is 35.5. The molecular weight excluding hydrogens is 240 g/mol. The summed E-state index contributed by atoms with van der Waals surface area (Å²) in [6.07, 6.45) is 0.665. The van der Waals surface area contributed by atoms with Crippen molar-refractivity contribution >= 4 is 11.6 Å². The largest absolute Gasteiger partial charge is 0.391 e. The van der Waals surface area contributed by atoms with E-state index in [2.05, 4.69) is 5.10 Å². The Bertz CT molecular complexity index is 586. The Balaban J connectivity index is 2.61. The first-order valence-electron chi connectivity index (χ1n) is 5.37. The van der Waals surface area contributed by atoms with Crippen LogP contribution in [0.4, 0.5) is 0 Å². The number of nitrogens with one attached hydrogen (secondary N) is 1. The molecule has 1 heterocycles. The molecule has 2 N–H and O–H groups in total. The van der Waals surface area contributed by atoms with E-state index in [9.17, 15) is 9.90 Å². The highest BCUT2D eigenvalue weighted by Crippen LogP contribution is 2.14. The molecule has 0 unspecified atom stereocenters. The van der Waals surface area contributed by atoms with Crippen LogP contribution in [0.15, 0.2) is 29.1 Å². The van der Waals surface area contributed by atoms with Crippen LogP contribution in [0.5, 0.6) is 0 Å². The Kier molecular flexibility index (Phi) is 3.36. The van der Waals surface area contributed by atoms with Gasteiger partial charge in [0.2, 0.25) is 0 Å². The lowest BCUT2D eigenvalue weighted by molar-refractivity contribution is 0.279. The van der Waals surface area contributed by atoms with Crippen LogP contribution >= 0.6 is 11.6 Å². The molecule has 90 valence electrons. The minimum absolute atomic E-state index is 0.230. The molecule has 0 amide bonds. The minimum atomic E-state index is -0.258. The summed E-state index contributed by atoms with van der Waals surface area (Å²) in [5.74, 6) is 0. The van der Waals surface area contributed by atoms with E-state index in [1.807, 2.05) is 6.92 Å². The Hall–Kier alpha value is -1.52. The molecule has 2 rings (SSSR count). The van der Waals surface area contributed by atoms with Crippen molar-refractivity contribution in [1.82, 2.24) is 9.78 Å². The summed E-state index contributed by atoms with van der Waals surface area (Å²) in [5, 5.41) is 12.7. The van der Waals surface area contributed by atoms with E-state index in [-0.39, 0.29) is 12.2 Å². The summed E-state index contributed by atoms with van der Waals surface area (Å²) >= 11 is 5.88. The van der Waals surface area contributed by atoms with Crippen LogP contribution in [-0.2, 0) is 13.0 Å². The lowest BCUT2D eigenvalue weighted by Crippen LogP contribution is -2.17. The number of benzene rings is 1. The number of aliphatic hydroxyl groups is 1. The molecular formula is C12H13ClN2O2. The minimum Gasteiger partial charge on any atom is -0.391 e. The molecule has 0 aliphatic heterocycles. The Morgan fingerprint density at radius 3 is 2.76 bits per heavy atom. The van der Waals surface area contributed by atoms with Crippen molar-refractivity contribution in [2.75, 3.05) is 0 Å². The fraction of sp³-hybridized carbons (Fsp3) is 0.250. The second-order valence-corrected chi connectivity index (χ2v) is 4.14. The van der Waals surface area contributed by atoms with Crippen molar-refractivity contribution in [3.63, 3.8) is 0 Å². The van der Waals surface area contributed by atoms with Crippen molar-refractivity contribution < 1.29 is 5.11 Å². The predicted octanol–water partition coefficient (Wildman–Crippen LogP) is 1.87. The topological polar surface area (TPSA) is 58.0 Å². The molecule has 1 aromatic carbocycles. The lowest BCUT2D eigenvalue weighted by Gasteiger charge is -2.01. The molecule has 0 aliphatic rings. The number of H-pyrrole nitrogens is 1. The van der Waals surface area contributed by atoms with Gasteiger partial charge >= 0.3 is 0 Å². The first kappa shape index (κ1) is 12.0. The fourth-order valence-electron chi connectivity index (χ4n) is 1.77. The second kappa shape index (κ2) is 4.77. The highest BCUT2D eigenvalue weighted by Gasteiger charge is 2.12. The van der Waals surface area contributed by atoms with Crippen LogP contribution in [0.3, 0.4) is 0 Å². The van der Waals surface area contributed by atoms with Crippen LogP contribution in [0.25, 0.3) is 5.69 Å². The van der Waals surface area contributed by atoms with Gasteiger partial charge in [0.1, 0.15) is 0 Å². The number of aryl methyl sites for hydroxylation is 1. The van der Waals surface area contributed by atoms with Gasteiger partial charge in [-0.1, -0.05) is 24.6 Å². The van der Waals surface area contributed by atoms with Crippen molar-refractivity contribution in [3.05, 3.63) is 50.9 Å². The quantitative estimate of drug-likeness (QED) is 0.876. The molecule has 0 spiro atoms. The third-order valence-corrected chi connectivity index (χ3v) is 2.89. The predicted molar refractivity (Wildman–Crippen MR) is 66.7 cm³/mol. The molecule has 1 aromatic heterocycles. The molecule has 2 aromatic rings. The van der Waals surface area contributed by atoms with Crippen molar-refractivity contribution in [3.8, 4) is 5.69 Å². The number of hydrogen-bond acceptors (Lipinski definition) is 2. The molecule has 0 radical (unpaired) electrons. The third kappa shape index (κ3) is 2.14. The van der Waals surface area contributed by atoms with Crippen molar-refractivity contribution in [2.45, 2.75) is 20.0 Å². The maximum Gasteiger partial charge on any atom is 0.277 e. The molecule has 4 nitrogen and oxygen atoms in total. The van der Waals surface area contributed by atoms with Gasteiger partial charge in [0.15, 0.2) is 0 Å². The van der Waals surface area contributed by atoms with Crippen LogP contribution < -0.4 is 5.56 Å². The van der Waals surface area contributed by atoms with E-state index in [1.54, 1.807) is 24.3 Å². The number of rotatable bonds is 3. The van der Waals surface area contributed by atoms with Gasteiger partial charge in [-0.2, -0.15) is 0 Å². The van der Waals surface area contributed by atoms with E-state index < -0.39 is 0 Å². The number of hydrogen-bond donors (Lipinski definition) is 2. The first-order chi connectivity index (χ1) is 8.17. The SMILES string of the molecule is CCc1[nH]n(-c2cccc(Cl)c2)c(=O)c1CO. The van der Waals surface area contributed by atoms with Crippen LogP contribution in [-0.4, -0.2) is 14.9 Å². The Morgan fingerprint density at radius 1 is 1.47 bits per heavy atom. The molecule has 0 aliphatic carbocycles. The molecule has 0 atom stereocenters. The monoisotopic (exact) mass is 252 g/mol. The average Bonchev–Trinajstić information content (AvgIpc) is 2.65. The summed E-state index contributed by atoms with van der Waals surface area (Å²) in [5.41, 5.74) is 1.59. The maximum atomic E-state index is 12.0. The van der Waals surface area contributed by atoms with Gasteiger partial charge in [-0.05, 0) is 24.6 Å². The fourth-order valence-corrected chi connectivity index (χ4v) is 1.95. The summed E-state index contributed by atoms with van der Waals surface area (Å²) in [7, 11) is 0. The van der Waals surface area contributed by atoms with E-state index in [1.165, 1.54) is 4.68 Å². The molecule has 0 saturated heterocycles. The Morgan fingerprint density at radius 2 is 2.24 bits per heavy atom. The van der Waals surface area contributed by atoms with Gasteiger partial charge in [0, 0.05) is 10.7 Å². The number of nitrogens with zero attached hydrogens (tertiary/aromatic N) is 1. The van der Waals surface area contributed by atoms with Gasteiger partial charge in [-0.15, -0.1) is 0 Å². The van der Waals surface area contributed by atoms with Crippen molar-refractivity contribution in [2.24, 2.45) is 0 Å². The van der Waals surface area contributed by atoms with E-state index in [0.29, 0.717) is 22.7 Å². The zero-order valence-corrected chi connectivity index (χ0v) is 10.2. The van der Waals surface area contributed by atoms with Gasteiger partial charge in [0.05, 0.1) is 17.9 Å². The van der Waals surface area contributed by atoms with Gasteiger partial charge in [-0.25, -0.2) is 4.68 Å². The molecule has 0 saturated carbocycles. The number of aliphatic hydroxyl groups excluding tert-OH is 1. The zero-order valence-electron chi connectivity index (χ0n) is 9.40. The summed E-state index contributed by atoms with van der Waals surface area (Å²) < 4.78 is 1.40. The summed E-state index contributed by atoms with van der Waals surface area (Å²) in [6.45, 7) is 1.67. The number of halogens is 1. The smallest absolute Gasteiger partial charge is 0.277 e. The summed E-state index contributed by atoms with van der Waals surface area (Å²) in [4.78, 5) is 12.0. The van der Waals surface area contributed by atoms with Crippen LogP contribution in [0.2, 0.25) is 5.02 Å². The van der Waals surface area contributed by atoms with Crippen LogP contribution in [0.1, 0.15) is 18.2 Å². The van der Waals surface area contributed by atoms with Crippen molar-refractivity contribution in [1.29, 1.82) is 0 Å². The zero-order chi connectivity index (χ0) is 12.4. The van der Waals surface area contributed by atoms with Gasteiger partial charge in [0.25, 0.3) is 5.56 Å². The first-order valence-corrected chi connectivity index (χ1v) is 5.74. The van der Waals surface area contributed by atoms with Gasteiger partial charge in [-0.3, -0.25) is 9.89 Å². The number of aromatic amines is 1. The maximum absolute atomic E-state index is 12.0. The van der Waals surface area contributed by atoms with E-state index in [0.717, 1.165) is 5.69 Å². The average molecular weight is 253 g/mol. The molecule has 17 heavy (non-hydrogen) atoms. The second-order valence-electron chi connectivity index (χ2n) is 3.70. The van der Waals surface area contributed by atoms with Gasteiger partial charge < -0.3 is 5.11 Å². The normalized spacial score (nSPS) is 10.8. The van der Waals surface area contributed by atoms with E-state index in [4.69, 9.17) is 11.6 Å². The Labute approximate surface area is 103 Å². The third-order valence-electron chi connectivity index (χ3n) is 2.65.